The van der Waals surface area contributed by atoms with Crippen LogP contribution in [0.4, 0.5) is 5.69 Å². The normalized spacial score (nSPS) is 10.3. The number of ether oxygens (including phenoxy) is 1. The van der Waals surface area contributed by atoms with Gasteiger partial charge in [-0.1, -0.05) is 0 Å². The molecule has 0 aliphatic heterocycles. The molecule has 0 fully saturated rings. The third-order valence-corrected chi connectivity index (χ3v) is 3.94. The number of amides is 1. The maximum absolute atomic E-state index is 11.8. The molecule has 2 rings (SSSR count). The molecule has 0 aliphatic carbocycles. The Bertz CT molecular complexity index is 564. The van der Waals surface area contributed by atoms with Gasteiger partial charge < -0.3 is 15.4 Å². The van der Waals surface area contributed by atoms with Crippen LogP contribution in [0.25, 0.3) is 0 Å². The summed E-state index contributed by atoms with van der Waals surface area (Å²) in [7, 11) is 1.62. The minimum Gasteiger partial charge on any atom is -0.497 e. The number of carbonyl (C=O) groups excluding carboxylic acids is 1. The van der Waals surface area contributed by atoms with Crippen molar-refractivity contribution < 1.29 is 9.53 Å². The number of hydrogen-bond donors (Lipinski definition) is 2. The quantitative estimate of drug-likeness (QED) is 0.860. The van der Waals surface area contributed by atoms with Crippen LogP contribution < -0.4 is 15.4 Å². The van der Waals surface area contributed by atoms with E-state index in [0.29, 0.717) is 6.54 Å². The Labute approximate surface area is 122 Å². The second kappa shape index (κ2) is 7.07. The fourth-order valence-electron chi connectivity index (χ4n) is 1.75. The number of anilines is 1. The van der Waals surface area contributed by atoms with Crippen molar-refractivity contribution in [3.63, 3.8) is 0 Å². The lowest BCUT2D eigenvalue weighted by Gasteiger charge is -2.07. The average molecular weight is 290 g/mol. The molecule has 0 atom stereocenters. The number of hydrogen-bond acceptors (Lipinski definition) is 4. The summed E-state index contributed by atoms with van der Waals surface area (Å²) in [6, 6.07) is 9.36. The molecule has 1 aromatic heterocycles. The molecule has 106 valence electrons. The van der Waals surface area contributed by atoms with E-state index in [-0.39, 0.29) is 5.91 Å². The highest BCUT2D eigenvalue weighted by Gasteiger charge is 2.04. The van der Waals surface area contributed by atoms with Crippen molar-refractivity contribution >= 4 is 22.9 Å². The molecule has 4 nitrogen and oxygen atoms in total. The summed E-state index contributed by atoms with van der Waals surface area (Å²) in [6.45, 7) is 3.09. The minimum absolute atomic E-state index is 0.0515. The van der Waals surface area contributed by atoms with E-state index in [4.69, 9.17) is 4.74 Å². The van der Waals surface area contributed by atoms with Gasteiger partial charge in [0.1, 0.15) is 5.75 Å². The summed E-state index contributed by atoms with van der Waals surface area (Å²) in [5.41, 5.74) is 2.03. The van der Waals surface area contributed by atoms with E-state index in [9.17, 15) is 4.79 Å². The van der Waals surface area contributed by atoms with Gasteiger partial charge in [0, 0.05) is 17.1 Å². The van der Waals surface area contributed by atoms with Gasteiger partial charge in [0.25, 0.3) is 0 Å². The molecule has 0 unspecified atom stereocenters. The van der Waals surface area contributed by atoms with Crippen molar-refractivity contribution in [1.29, 1.82) is 0 Å². The molecule has 0 aliphatic rings. The van der Waals surface area contributed by atoms with Crippen LogP contribution >= 0.6 is 11.3 Å². The highest BCUT2D eigenvalue weighted by atomic mass is 32.1. The molecule has 1 heterocycles. The zero-order chi connectivity index (χ0) is 14.4. The summed E-state index contributed by atoms with van der Waals surface area (Å²) in [5.74, 6) is 0.721. The third-order valence-electron chi connectivity index (χ3n) is 2.91. The van der Waals surface area contributed by atoms with E-state index in [1.807, 2.05) is 24.3 Å². The summed E-state index contributed by atoms with van der Waals surface area (Å²) in [6.07, 6.45) is 0. The first-order chi connectivity index (χ1) is 9.69. The molecule has 0 saturated heterocycles. The largest absolute Gasteiger partial charge is 0.497 e. The second-order valence-corrected chi connectivity index (χ2v) is 5.41. The second-order valence-electron chi connectivity index (χ2n) is 4.41. The van der Waals surface area contributed by atoms with Gasteiger partial charge >= 0.3 is 0 Å². The van der Waals surface area contributed by atoms with Crippen LogP contribution in [0, 0.1) is 6.92 Å². The van der Waals surface area contributed by atoms with Gasteiger partial charge in [-0.05, 0) is 48.2 Å². The van der Waals surface area contributed by atoms with E-state index in [2.05, 4.69) is 29.0 Å². The highest BCUT2D eigenvalue weighted by molar-refractivity contribution is 7.10. The van der Waals surface area contributed by atoms with Gasteiger partial charge in [-0.25, -0.2) is 0 Å². The van der Waals surface area contributed by atoms with Gasteiger partial charge in [-0.15, -0.1) is 11.3 Å². The van der Waals surface area contributed by atoms with E-state index < -0.39 is 0 Å². The first-order valence-corrected chi connectivity index (χ1v) is 7.24. The van der Waals surface area contributed by atoms with Gasteiger partial charge in [0.2, 0.25) is 5.91 Å². The molecule has 0 spiro atoms. The van der Waals surface area contributed by atoms with E-state index >= 15 is 0 Å². The molecule has 1 aromatic carbocycles. The minimum atomic E-state index is -0.0515. The van der Waals surface area contributed by atoms with Crippen LogP contribution in [0.3, 0.4) is 0 Å². The van der Waals surface area contributed by atoms with Crippen LogP contribution in [-0.2, 0) is 11.3 Å². The van der Waals surface area contributed by atoms with E-state index in [1.54, 1.807) is 18.4 Å². The topological polar surface area (TPSA) is 50.4 Å². The van der Waals surface area contributed by atoms with Gasteiger partial charge in [-0.2, -0.15) is 0 Å². The number of carbonyl (C=O) groups is 1. The zero-order valence-corrected chi connectivity index (χ0v) is 12.4. The monoisotopic (exact) mass is 290 g/mol. The fourth-order valence-corrected chi connectivity index (χ4v) is 2.63. The Morgan fingerprint density at radius 1 is 1.25 bits per heavy atom. The third kappa shape index (κ3) is 4.08. The lowest BCUT2D eigenvalue weighted by atomic mass is 10.3. The molecular formula is C15H18N2O2S. The number of rotatable bonds is 6. The average Bonchev–Trinajstić information content (AvgIpc) is 2.85. The van der Waals surface area contributed by atoms with Crippen LogP contribution in [0.2, 0.25) is 0 Å². The summed E-state index contributed by atoms with van der Waals surface area (Å²) < 4.78 is 5.07. The first-order valence-electron chi connectivity index (χ1n) is 6.36. The SMILES string of the molecule is COc1ccc(NC(=O)CNCc2sccc2C)cc1. The number of benzene rings is 1. The van der Waals surface area contributed by atoms with Crippen LogP contribution in [-0.4, -0.2) is 19.6 Å². The molecule has 5 heteroatoms. The summed E-state index contributed by atoms with van der Waals surface area (Å²) >= 11 is 1.70. The molecule has 2 aromatic rings. The fraction of sp³-hybridized carbons (Fsp3) is 0.267. The van der Waals surface area contributed by atoms with Crippen molar-refractivity contribution in [2.45, 2.75) is 13.5 Å². The van der Waals surface area contributed by atoms with Crippen LogP contribution in [0.5, 0.6) is 5.75 Å². The summed E-state index contributed by atoms with van der Waals surface area (Å²) in [5, 5.41) is 8.04. The molecular weight excluding hydrogens is 272 g/mol. The first kappa shape index (κ1) is 14.6. The number of aryl methyl sites for hydroxylation is 1. The predicted octanol–water partition coefficient (Wildman–Crippen LogP) is 2.79. The Hall–Kier alpha value is -1.85. The Balaban J connectivity index is 1.76. The number of methoxy groups -OCH3 is 1. The van der Waals surface area contributed by atoms with Crippen molar-refractivity contribution in [3.05, 3.63) is 46.2 Å². The van der Waals surface area contributed by atoms with Crippen molar-refractivity contribution in [2.24, 2.45) is 0 Å². The standard InChI is InChI=1S/C15H18N2O2S/c1-11-7-8-20-14(11)9-16-10-15(18)17-12-3-5-13(19-2)6-4-12/h3-8,16H,9-10H2,1-2H3,(H,17,18). The Kier molecular flexibility index (Phi) is 5.15. The smallest absolute Gasteiger partial charge is 0.238 e. The molecule has 0 radical (unpaired) electrons. The predicted molar refractivity (Wildman–Crippen MR) is 82.4 cm³/mol. The van der Waals surface area contributed by atoms with Gasteiger partial charge in [-0.3, -0.25) is 4.79 Å². The lowest BCUT2D eigenvalue weighted by molar-refractivity contribution is -0.115. The zero-order valence-electron chi connectivity index (χ0n) is 11.6. The Morgan fingerprint density at radius 2 is 2.00 bits per heavy atom. The number of nitrogens with one attached hydrogen (secondary N) is 2. The number of thiophene rings is 1. The van der Waals surface area contributed by atoms with Crippen molar-refractivity contribution in [1.82, 2.24) is 5.32 Å². The van der Waals surface area contributed by atoms with Crippen LogP contribution in [0.1, 0.15) is 10.4 Å². The van der Waals surface area contributed by atoms with Gasteiger partial charge in [0.15, 0.2) is 0 Å². The molecule has 1 amide bonds. The van der Waals surface area contributed by atoms with Crippen molar-refractivity contribution in [2.75, 3.05) is 19.0 Å². The van der Waals surface area contributed by atoms with Gasteiger partial charge in [0.05, 0.1) is 13.7 Å². The van der Waals surface area contributed by atoms with E-state index in [0.717, 1.165) is 18.0 Å². The summed E-state index contributed by atoms with van der Waals surface area (Å²) in [4.78, 5) is 13.0. The maximum Gasteiger partial charge on any atom is 0.238 e. The maximum atomic E-state index is 11.8. The van der Waals surface area contributed by atoms with E-state index in [1.165, 1.54) is 10.4 Å². The molecule has 0 saturated carbocycles. The van der Waals surface area contributed by atoms with Crippen molar-refractivity contribution in [3.8, 4) is 5.75 Å². The molecule has 0 bridgehead atoms. The highest BCUT2D eigenvalue weighted by Crippen LogP contribution is 2.15. The molecule has 20 heavy (non-hydrogen) atoms. The molecule has 2 N–H and O–H groups in total. The Morgan fingerprint density at radius 3 is 2.60 bits per heavy atom. The van der Waals surface area contributed by atoms with Crippen LogP contribution in [0.15, 0.2) is 35.7 Å². The lowest BCUT2D eigenvalue weighted by Crippen LogP contribution is -2.27.